The van der Waals surface area contributed by atoms with E-state index < -0.39 is 6.10 Å². The summed E-state index contributed by atoms with van der Waals surface area (Å²) in [5, 5.41) is 0. The average Bonchev–Trinajstić information content (AvgIpc) is 3.28. The van der Waals surface area contributed by atoms with Crippen molar-refractivity contribution in [2.24, 2.45) is 0 Å². The summed E-state index contributed by atoms with van der Waals surface area (Å²) in [5.74, 6) is -0.981. The number of rotatable bonds is 45. The van der Waals surface area contributed by atoms with Crippen LogP contribution in [-0.2, 0) is 28.6 Å². The first-order valence-corrected chi connectivity index (χ1v) is 25.7. The molecule has 0 aliphatic carbocycles. The molecule has 0 aliphatic heterocycles. The molecule has 0 amide bonds. The highest BCUT2D eigenvalue weighted by Crippen LogP contribution is 2.12. The van der Waals surface area contributed by atoms with Gasteiger partial charge >= 0.3 is 17.9 Å². The maximum absolute atomic E-state index is 12.8. The Kier molecular flexibility index (Phi) is 48.0. The number of carbonyl (C=O) groups excluding carboxylic acids is 3. The second-order valence-electron chi connectivity index (χ2n) is 16.7. The Hall–Kier alpha value is -3.67. The Labute approximate surface area is 387 Å². The van der Waals surface area contributed by atoms with E-state index in [-0.39, 0.29) is 37.5 Å². The molecule has 0 heterocycles. The Morgan fingerprint density at radius 2 is 0.619 bits per heavy atom. The van der Waals surface area contributed by atoms with Gasteiger partial charge in [-0.3, -0.25) is 14.4 Å². The molecule has 1 atom stereocenters. The summed E-state index contributed by atoms with van der Waals surface area (Å²) in [6, 6.07) is 0. The van der Waals surface area contributed by atoms with Gasteiger partial charge in [0, 0.05) is 19.3 Å². The maximum Gasteiger partial charge on any atom is 0.306 e. The molecule has 0 unspecified atom stereocenters. The number of esters is 3. The average molecular weight is 875 g/mol. The number of hydrogen-bond donors (Lipinski definition) is 0. The first-order chi connectivity index (χ1) is 31.0. The summed E-state index contributed by atoms with van der Waals surface area (Å²) >= 11 is 0. The number of hydrogen-bond acceptors (Lipinski definition) is 6. The lowest BCUT2D eigenvalue weighted by Crippen LogP contribution is -2.30. The van der Waals surface area contributed by atoms with E-state index in [1.165, 1.54) is 64.2 Å². The van der Waals surface area contributed by atoms with E-state index in [4.69, 9.17) is 14.2 Å². The van der Waals surface area contributed by atoms with Crippen LogP contribution < -0.4 is 0 Å². The smallest absolute Gasteiger partial charge is 0.306 e. The van der Waals surface area contributed by atoms with Gasteiger partial charge in [0.05, 0.1) is 0 Å². The van der Waals surface area contributed by atoms with E-state index in [1.54, 1.807) is 0 Å². The molecule has 358 valence electrons. The number of allylic oxidation sites excluding steroid dienone is 16. The van der Waals surface area contributed by atoms with Crippen molar-refractivity contribution in [3.8, 4) is 0 Å². The highest BCUT2D eigenvalue weighted by atomic mass is 16.6. The molecule has 0 rings (SSSR count). The van der Waals surface area contributed by atoms with Crippen LogP contribution in [0.3, 0.4) is 0 Å². The molecule has 0 fully saturated rings. The maximum atomic E-state index is 12.8. The highest BCUT2D eigenvalue weighted by Gasteiger charge is 2.19. The van der Waals surface area contributed by atoms with Crippen LogP contribution in [0.15, 0.2) is 97.2 Å². The fourth-order valence-electron chi connectivity index (χ4n) is 6.67. The van der Waals surface area contributed by atoms with Crippen molar-refractivity contribution in [3.63, 3.8) is 0 Å². The van der Waals surface area contributed by atoms with Crippen LogP contribution in [0.1, 0.15) is 226 Å². The van der Waals surface area contributed by atoms with Crippen molar-refractivity contribution in [2.75, 3.05) is 13.2 Å². The van der Waals surface area contributed by atoms with Crippen molar-refractivity contribution in [3.05, 3.63) is 97.2 Å². The molecule has 0 radical (unpaired) electrons. The van der Waals surface area contributed by atoms with Crippen molar-refractivity contribution >= 4 is 17.9 Å². The lowest BCUT2D eigenvalue weighted by Gasteiger charge is -2.18. The zero-order chi connectivity index (χ0) is 45.8. The molecule has 0 aromatic carbocycles. The van der Waals surface area contributed by atoms with Crippen LogP contribution in [0.5, 0.6) is 0 Å². The molecule has 63 heavy (non-hydrogen) atoms. The Bertz CT molecular complexity index is 1280. The van der Waals surface area contributed by atoms with E-state index in [1.807, 2.05) is 0 Å². The summed E-state index contributed by atoms with van der Waals surface area (Å²) < 4.78 is 16.7. The van der Waals surface area contributed by atoms with E-state index >= 15 is 0 Å². The molecule has 0 spiro atoms. The predicted molar refractivity (Wildman–Crippen MR) is 270 cm³/mol. The highest BCUT2D eigenvalue weighted by molar-refractivity contribution is 5.71. The topological polar surface area (TPSA) is 78.9 Å². The lowest BCUT2D eigenvalue weighted by atomic mass is 10.1. The van der Waals surface area contributed by atoms with Gasteiger partial charge in [-0.05, 0) is 122 Å². The molecule has 0 bridgehead atoms. The minimum Gasteiger partial charge on any atom is -0.462 e. The molecular formula is C57H94O6. The van der Waals surface area contributed by atoms with E-state index in [0.29, 0.717) is 12.8 Å². The van der Waals surface area contributed by atoms with Gasteiger partial charge in [-0.15, -0.1) is 0 Å². The number of ether oxygens (including phenoxy) is 3. The molecule has 6 heteroatoms. The molecule has 0 N–H and O–H groups in total. The molecule has 6 nitrogen and oxygen atoms in total. The number of unbranched alkanes of at least 4 members (excludes halogenated alkanes) is 18. The largest absolute Gasteiger partial charge is 0.462 e. The summed E-state index contributed by atoms with van der Waals surface area (Å²) in [6.07, 6.45) is 66.7. The Balaban J connectivity index is 4.52. The van der Waals surface area contributed by atoms with Crippen molar-refractivity contribution in [1.82, 2.24) is 0 Å². The fourth-order valence-corrected chi connectivity index (χ4v) is 6.67. The van der Waals surface area contributed by atoms with Gasteiger partial charge in [0.15, 0.2) is 6.10 Å². The first kappa shape index (κ1) is 59.3. The van der Waals surface area contributed by atoms with Gasteiger partial charge in [-0.1, -0.05) is 182 Å². The van der Waals surface area contributed by atoms with Crippen molar-refractivity contribution < 1.29 is 28.6 Å². The van der Waals surface area contributed by atoms with Crippen LogP contribution in [0.2, 0.25) is 0 Å². The summed E-state index contributed by atoms with van der Waals surface area (Å²) in [7, 11) is 0. The standard InChI is InChI=1S/C57H94O6/c1-4-7-10-13-16-19-22-25-27-28-30-33-36-39-42-45-48-51-57(60)63-54(52-61-55(58)49-46-43-40-37-34-31-24-21-18-15-12-9-6-3)53-62-56(59)50-47-44-41-38-35-32-29-26-23-20-17-14-11-8-5-2/h7,10,16-17,19-21,24-27,29-30,33,35,38,54H,4-6,8-9,11-15,18,22-23,28,31-32,34,36-37,39-53H2,1-3H3/b10-7-,19-16-,20-17-,24-21-,27-25-,29-26-,33-30-,38-35-/t54-/m0/s1. The second kappa shape index (κ2) is 51.0. The van der Waals surface area contributed by atoms with Crippen LogP contribution in [-0.4, -0.2) is 37.2 Å². The first-order valence-electron chi connectivity index (χ1n) is 25.7. The van der Waals surface area contributed by atoms with Crippen LogP contribution >= 0.6 is 0 Å². The quantitative estimate of drug-likeness (QED) is 0.0262. The monoisotopic (exact) mass is 875 g/mol. The van der Waals surface area contributed by atoms with Gasteiger partial charge in [-0.25, -0.2) is 0 Å². The Morgan fingerprint density at radius 3 is 1.05 bits per heavy atom. The molecule has 0 saturated heterocycles. The molecule has 0 saturated carbocycles. The minimum absolute atomic E-state index is 0.105. The van der Waals surface area contributed by atoms with Gasteiger partial charge in [0.25, 0.3) is 0 Å². The van der Waals surface area contributed by atoms with Crippen LogP contribution in [0.4, 0.5) is 0 Å². The van der Waals surface area contributed by atoms with Gasteiger partial charge in [0.1, 0.15) is 13.2 Å². The third-order valence-corrected chi connectivity index (χ3v) is 10.5. The van der Waals surface area contributed by atoms with Crippen molar-refractivity contribution in [2.45, 2.75) is 232 Å². The van der Waals surface area contributed by atoms with Gasteiger partial charge in [0.2, 0.25) is 0 Å². The van der Waals surface area contributed by atoms with Gasteiger partial charge < -0.3 is 14.2 Å². The molecule has 0 aromatic heterocycles. The molecule has 0 aromatic rings. The van der Waals surface area contributed by atoms with E-state index in [2.05, 4.69) is 118 Å². The minimum atomic E-state index is -0.809. The molecule has 0 aliphatic rings. The zero-order valence-electron chi connectivity index (χ0n) is 40.8. The van der Waals surface area contributed by atoms with Crippen LogP contribution in [0.25, 0.3) is 0 Å². The van der Waals surface area contributed by atoms with Gasteiger partial charge in [-0.2, -0.15) is 0 Å². The van der Waals surface area contributed by atoms with Crippen molar-refractivity contribution in [1.29, 1.82) is 0 Å². The third kappa shape index (κ3) is 49.2. The number of carbonyl (C=O) groups is 3. The fraction of sp³-hybridized carbons (Fsp3) is 0.667. The van der Waals surface area contributed by atoms with E-state index in [0.717, 1.165) is 122 Å². The van der Waals surface area contributed by atoms with Crippen LogP contribution in [0, 0.1) is 0 Å². The zero-order valence-corrected chi connectivity index (χ0v) is 40.8. The lowest BCUT2D eigenvalue weighted by molar-refractivity contribution is -0.167. The predicted octanol–water partition coefficient (Wildman–Crippen LogP) is 17.0. The summed E-state index contributed by atoms with van der Waals surface area (Å²) in [5.41, 5.74) is 0. The van der Waals surface area contributed by atoms with E-state index in [9.17, 15) is 14.4 Å². The second-order valence-corrected chi connectivity index (χ2v) is 16.7. The SMILES string of the molecule is CC/C=C\C/C=C\C/C=C\C/C=C\CCCCCCC(=O)O[C@H](COC(=O)CCCC/C=C\C/C=C\C/C=C\CCCCC)COC(=O)CCCCCCC/C=C\CCCCCC. The summed E-state index contributed by atoms with van der Waals surface area (Å²) in [4.78, 5) is 38.0. The molecular weight excluding hydrogens is 781 g/mol. The summed E-state index contributed by atoms with van der Waals surface area (Å²) in [6.45, 7) is 6.41. The third-order valence-electron chi connectivity index (χ3n) is 10.5. The normalized spacial score (nSPS) is 12.9. The Morgan fingerprint density at radius 1 is 0.333 bits per heavy atom.